The second-order valence-electron chi connectivity index (χ2n) is 6.92. The molecule has 0 bridgehead atoms. The smallest absolute Gasteiger partial charge is 0.253 e. The van der Waals surface area contributed by atoms with Crippen molar-refractivity contribution in [2.75, 3.05) is 19.6 Å². The molecule has 2 aromatic rings. The Kier molecular flexibility index (Phi) is 4.53. The highest BCUT2D eigenvalue weighted by Gasteiger charge is 2.29. The number of carbonyl (C=O) groups excluding carboxylic acids is 1. The van der Waals surface area contributed by atoms with Gasteiger partial charge in [-0.2, -0.15) is 0 Å². The summed E-state index contributed by atoms with van der Waals surface area (Å²) in [5, 5.41) is 12.1. The number of hydrogen-bond acceptors (Lipinski definition) is 4. The van der Waals surface area contributed by atoms with Crippen molar-refractivity contribution in [3.63, 3.8) is 0 Å². The molecule has 1 N–H and O–H groups in total. The van der Waals surface area contributed by atoms with Crippen molar-refractivity contribution in [1.29, 1.82) is 0 Å². The minimum absolute atomic E-state index is 0.147. The van der Waals surface area contributed by atoms with Gasteiger partial charge < -0.3 is 14.8 Å². The van der Waals surface area contributed by atoms with Gasteiger partial charge in [0.15, 0.2) is 0 Å². The van der Waals surface area contributed by atoms with Crippen molar-refractivity contribution in [2.24, 2.45) is 0 Å². The van der Waals surface area contributed by atoms with Gasteiger partial charge in [0, 0.05) is 37.7 Å². The van der Waals surface area contributed by atoms with E-state index in [1.165, 1.54) is 5.56 Å². The number of likely N-dealkylation sites (tertiary alicyclic amines) is 1. The van der Waals surface area contributed by atoms with Gasteiger partial charge >= 0.3 is 0 Å². The number of rotatable bonds is 3. The second kappa shape index (κ2) is 6.96. The molecule has 4 rings (SSSR count). The third-order valence-corrected chi connectivity index (χ3v) is 5.41. The van der Waals surface area contributed by atoms with Crippen LogP contribution in [0.15, 0.2) is 24.3 Å². The first-order valence-electron chi connectivity index (χ1n) is 9.27. The zero-order valence-corrected chi connectivity index (χ0v) is 14.7. The number of amides is 1. The minimum atomic E-state index is 0.147. The van der Waals surface area contributed by atoms with Gasteiger partial charge in [0.1, 0.15) is 11.6 Å². The van der Waals surface area contributed by atoms with E-state index in [0.717, 1.165) is 69.2 Å². The summed E-state index contributed by atoms with van der Waals surface area (Å²) in [6.45, 7) is 6.43. The van der Waals surface area contributed by atoms with E-state index in [-0.39, 0.29) is 5.91 Å². The number of carbonyl (C=O) groups is 1. The minimum Gasteiger partial charge on any atom is -0.339 e. The summed E-state index contributed by atoms with van der Waals surface area (Å²) in [5.74, 6) is 2.70. The molecule has 2 aliphatic heterocycles. The lowest BCUT2D eigenvalue weighted by atomic mass is 9.95. The molecule has 0 atom stereocenters. The number of benzene rings is 1. The summed E-state index contributed by atoms with van der Waals surface area (Å²) < 4.78 is 2.27. The molecular weight excluding hydrogens is 314 g/mol. The fourth-order valence-electron chi connectivity index (χ4n) is 3.82. The first-order valence-corrected chi connectivity index (χ1v) is 9.27. The molecule has 6 nitrogen and oxygen atoms in total. The molecule has 1 amide bonds. The Morgan fingerprint density at radius 1 is 1.16 bits per heavy atom. The Labute approximate surface area is 148 Å². The van der Waals surface area contributed by atoms with Crippen molar-refractivity contribution in [3.8, 4) is 0 Å². The zero-order chi connectivity index (χ0) is 17.2. The number of fused-ring (bicyclic) bond motifs is 1. The molecule has 1 fully saturated rings. The molecule has 0 aliphatic carbocycles. The Hall–Kier alpha value is -2.21. The molecule has 0 unspecified atom stereocenters. The van der Waals surface area contributed by atoms with Crippen LogP contribution < -0.4 is 5.32 Å². The maximum absolute atomic E-state index is 12.7. The maximum Gasteiger partial charge on any atom is 0.253 e. The third-order valence-electron chi connectivity index (χ3n) is 5.41. The first-order chi connectivity index (χ1) is 12.3. The van der Waals surface area contributed by atoms with Crippen molar-refractivity contribution in [3.05, 3.63) is 47.0 Å². The lowest BCUT2D eigenvalue weighted by molar-refractivity contribution is 0.0710. The Morgan fingerprint density at radius 2 is 1.92 bits per heavy atom. The summed E-state index contributed by atoms with van der Waals surface area (Å²) in [5.41, 5.74) is 2.06. The molecule has 1 saturated heterocycles. The van der Waals surface area contributed by atoms with E-state index in [0.29, 0.717) is 5.92 Å². The van der Waals surface area contributed by atoms with Crippen LogP contribution in [0.5, 0.6) is 0 Å². The first kappa shape index (κ1) is 16.3. The average Bonchev–Trinajstić information content (AvgIpc) is 3.12. The van der Waals surface area contributed by atoms with Gasteiger partial charge in [0.05, 0.1) is 6.54 Å². The fraction of sp³-hybridized carbons (Fsp3) is 0.526. The number of nitrogens with one attached hydrogen (secondary N) is 1. The van der Waals surface area contributed by atoms with Crippen molar-refractivity contribution < 1.29 is 4.79 Å². The van der Waals surface area contributed by atoms with E-state index in [9.17, 15) is 4.79 Å². The van der Waals surface area contributed by atoms with Gasteiger partial charge in [-0.1, -0.05) is 19.1 Å². The van der Waals surface area contributed by atoms with Gasteiger partial charge in [0.25, 0.3) is 5.91 Å². The average molecular weight is 339 g/mol. The predicted octanol–water partition coefficient (Wildman–Crippen LogP) is 1.96. The second-order valence-corrected chi connectivity index (χ2v) is 6.92. The molecule has 2 aliphatic rings. The van der Waals surface area contributed by atoms with Crippen LogP contribution in [0.2, 0.25) is 0 Å². The lowest BCUT2D eigenvalue weighted by Crippen LogP contribution is -2.38. The van der Waals surface area contributed by atoms with Gasteiger partial charge in [-0.25, -0.2) is 0 Å². The third kappa shape index (κ3) is 3.18. The Morgan fingerprint density at radius 3 is 2.64 bits per heavy atom. The number of nitrogens with zero attached hydrogens (tertiary/aromatic N) is 4. The van der Waals surface area contributed by atoms with Crippen LogP contribution in [0.25, 0.3) is 0 Å². The quantitative estimate of drug-likeness (QED) is 0.929. The van der Waals surface area contributed by atoms with Crippen LogP contribution in [-0.2, 0) is 19.5 Å². The largest absolute Gasteiger partial charge is 0.339 e. The standard InChI is InChI=1S/C19H25N5O/c1-2-14-3-5-16(6-4-14)19(25)23-10-7-15(8-11-23)18-22-21-17-13-20-9-12-24(17)18/h3-6,15,20H,2,7-13H2,1H3. The van der Waals surface area contributed by atoms with Crippen LogP contribution in [0.4, 0.5) is 0 Å². The van der Waals surface area contributed by atoms with Crippen LogP contribution in [0, 0.1) is 0 Å². The SMILES string of the molecule is CCc1ccc(C(=O)N2CCC(c3nnc4n3CCNC4)CC2)cc1. The van der Waals surface area contributed by atoms with E-state index in [1.807, 2.05) is 17.0 Å². The van der Waals surface area contributed by atoms with E-state index in [4.69, 9.17) is 0 Å². The lowest BCUT2D eigenvalue weighted by Gasteiger charge is -2.32. The Bertz CT molecular complexity index is 744. The molecule has 0 radical (unpaired) electrons. The predicted molar refractivity (Wildman–Crippen MR) is 95.4 cm³/mol. The number of aryl methyl sites for hydroxylation is 1. The molecule has 0 saturated carbocycles. The van der Waals surface area contributed by atoms with Crippen molar-refractivity contribution in [1.82, 2.24) is 25.0 Å². The monoisotopic (exact) mass is 339 g/mol. The summed E-state index contributed by atoms with van der Waals surface area (Å²) in [4.78, 5) is 14.7. The van der Waals surface area contributed by atoms with Crippen LogP contribution >= 0.6 is 0 Å². The number of piperidine rings is 1. The topological polar surface area (TPSA) is 63.1 Å². The van der Waals surface area contributed by atoms with E-state index < -0.39 is 0 Å². The highest BCUT2D eigenvalue weighted by molar-refractivity contribution is 5.94. The van der Waals surface area contributed by atoms with Gasteiger partial charge in [-0.05, 0) is 37.0 Å². The van der Waals surface area contributed by atoms with Crippen LogP contribution in [-0.4, -0.2) is 45.2 Å². The number of aromatic nitrogens is 3. The van der Waals surface area contributed by atoms with Gasteiger partial charge in [-0.3, -0.25) is 4.79 Å². The molecule has 1 aromatic heterocycles. The highest BCUT2D eigenvalue weighted by Crippen LogP contribution is 2.28. The zero-order valence-electron chi connectivity index (χ0n) is 14.7. The summed E-state index contributed by atoms with van der Waals surface area (Å²) in [7, 11) is 0. The molecule has 6 heteroatoms. The van der Waals surface area contributed by atoms with Gasteiger partial charge in [0.2, 0.25) is 0 Å². The Balaban J connectivity index is 1.41. The number of hydrogen-bond donors (Lipinski definition) is 1. The van der Waals surface area contributed by atoms with Gasteiger partial charge in [-0.15, -0.1) is 10.2 Å². The highest BCUT2D eigenvalue weighted by atomic mass is 16.2. The maximum atomic E-state index is 12.7. The van der Waals surface area contributed by atoms with E-state index in [1.54, 1.807) is 0 Å². The fourth-order valence-corrected chi connectivity index (χ4v) is 3.82. The molecule has 132 valence electrons. The molecule has 3 heterocycles. The summed E-state index contributed by atoms with van der Waals surface area (Å²) >= 11 is 0. The summed E-state index contributed by atoms with van der Waals surface area (Å²) in [6.07, 6.45) is 2.92. The molecule has 1 aromatic carbocycles. The molecular formula is C19H25N5O. The van der Waals surface area contributed by atoms with Crippen LogP contribution in [0.1, 0.15) is 53.3 Å². The van der Waals surface area contributed by atoms with E-state index in [2.05, 4.69) is 39.1 Å². The normalized spacial score (nSPS) is 18.2. The summed E-state index contributed by atoms with van der Waals surface area (Å²) in [6, 6.07) is 8.01. The van der Waals surface area contributed by atoms with Crippen LogP contribution in [0.3, 0.4) is 0 Å². The van der Waals surface area contributed by atoms with E-state index >= 15 is 0 Å². The van der Waals surface area contributed by atoms with Crippen molar-refractivity contribution >= 4 is 5.91 Å². The van der Waals surface area contributed by atoms with Crippen molar-refractivity contribution in [2.45, 2.75) is 45.2 Å². The molecule has 0 spiro atoms. The molecule has 25 heavy (non-hydrogen) atoms.